The van der Waals surface area contributed by atoms with Crippen molar-refractivity contribution in [1.29, 1.82) is 5.26 Å². The van der Waals surface area contributed by atoms with Gasteiger partial charge in [-0.05, 0) is 50.9 Å². The van der Waals surface area contributed by atoms with Gasteiger partial charge in [0.15, 0.2) is 0 Å². The number of hydrogen-bond donors (Lipinski definition) is 2. The van der Waals surface area contributed by atoms with Crippen molar-refractivity contribution in [2.75, 3.05) is 11.9 Å². The van der Waals surface area contributed by atoms with Crippen molar-refractivity contribution in [3.8, 4) is 6.07 Å². The predicted octanol–water partition coefficient (Wildman–Crippen LogP) is 3.93. The molecule has 0 aromatic heterocycles. The first-order valence-corrected chi connectivity index (χ1v) is 7.76. The summed E-state index contributed by atoms with van der Waals surface area (Å²) < 4.78 is 0. The van der Waals surface area contributed by atoms with Gasteiger partial charge in [-0.1, -0.05) is 24.4 Å². The number of nitrogens with zero attached hydrogens (tertiary/aromatic N) is 1. The lowest BCUT2D eigenvalue weighted by Gasteiger charge is -2.22. The monoisotopic (exact) mass is 291 g/mol. The van der Waals surface area contributed by atoms with Crippen molar-refractivity contribution < 1.29 is 0 Å². The summed E-state index contributed by atoms with van der Waals surface area (Å²) in [6.07, 6.45) is 6.32. The van der Waals surface area contributed by atoms with Crippen LogP contribution in [0.25, 0.3) is 0 Å². The largest absolute Gasteiger partial charge is 0.382 e. The van der Waals surface area contributed by atoms with Gasteiger partial charge in [-0.3, -0.25) is 0 Å². The van der Waals surface area contributed by atoms with Gasteiger partial charge in [-0.2, -0.15) is 5.26 Å². The topological polar surface area (TPSA) is 47.8 Å². The SMILES string of the molecule is CC(CC1CCCCCN1)Nc1ccc(Cl)c(C#N)c1. The molecule has 1 aromatic rings. The van der Waals surface area contributed by atoms with E-state index in [1.165, 1.54) is 25.7 Å². The number of nitrogens with one attached hydrogen (secondary N) is 2. The van der Waals surface area contributed by atoms with E-state index >= 15 is 0 Å². The lowest BCUT2D eigenvalue weighted by molar-refractivity contribution is 0.456. The van der Waals surface area contributed by atoms with Crippen LogP contribution in [0.5, 0.6) is 0 Å². The van der Waals surface area contributed by atoms with Gasteiger partial charge in [0.1, 0.15) is 6.07 Å². The molecule has 1 aromatic carbocycles. The second kappa shape index (κ2) is 7.52. The highest BCUT2D eigenvalue weighted by Crippen LogP contribution is 2.21. The number of nitriles is 1. The van der Waals surface area contributed by atoms with Crippen molar-refractivity contribution in [2.45, 2.75) is 51.1 Å². The summed E-state index contributed by atoms with van der Waals surface area (Å²) in [6.45, 7) is 3.32. The number of hydrogen-bond acceptors (Lipinski definition) is 3. The van der Waals surface area contributed by atoms with Crippen LogP contribution in [0.1, 0.15) is 44.6 Å². The van der Waals surface area contributed by atoms with E-state index in [-0.39, 0.29) is 0 Å². The summed E-state index contributed by atoms with van der Waals surface area (Å²) in [5.74, 6) is 0. The Bertz CT molecular complexity index is 473. The van der Waals surface area contributed by atoms with Crippen LogP contribution in [0.2, 0.25) is 5.02 Å². The summed E-state index contributed by atoms with van der Waals surface area (Å²) in [5, 5.41) is 16.6. The molecule has 0 bridgehead atoms. The molecular weight excluding hydrogens is 270 g/mol. The van der Waals surface area contributed by atoms with Crippen LogP contribution in [-0.4, -0.2) is 18.6 Å². The molecule has 2 rings (SSSR count). The molecule has 108 valence electrons. The van der Waals surface area contributed by atoms with Gasteiger partial charge in [0.05, 0.1) is 10.6 Å². The van der Waals surface area contributed by atoms with Crippen LogP contribution >= 0.6 is 11.6 Å². The lowest BCUT2D eigenvalue weighted by atomic mass is 10.0. The molecule has 20 heavy (non-hydrogen) atoms. The zero-order valence-electron chi connectivity index (χ0n) is 12.0. The molecule has 3 nitrogen and oxygen atoms in total. The molecule has 4 heteroatoms. The highest BCUT2D eigenvalue weighted by Gasteiger charge is 2.15. The second-order valence-electron chi connectivity index (χ2n) is 5.59. The summed E-state index contributed by atoms with van der Waals surface area (Å²) in [6, 6.07) is 8.61. The number of rotatable bonds is 4. The van der Waals surface area contributed by atoms with Crippen LogP contribution in [0.4, 0.5) is 5.69 Å². The summed E-state index contributed by atoms with van der Waals surface area (Å²) in [5.41, 5.74) is 1.49. The molecule has 2 atom stereocenters. The second-order valence-corrected chi connectivity index (χ2v) is 6.00. The molecule has 2 unspecified atom stereocenters. The van der Waals surface area contributed by atoms with Crippen LogP contribution in [-0.2, 0) is 0 Å². The third-order valence-corrected chi connectivity index (χ3v) is 4.13. The quantitative estimate of drug-likeness (QED) is 0.883. The minimum absolute atomic E-state index is 0.373. The molecule has 0 spiro atoms. The summed E-state index contributed by atoms with van der Waals surface area (Å²) in [4.78, 5) is 0. The molecule has 2 N–H and O–H groups in total. The van der Waals surface area contributed by atoms with E-state index in [9.17, 15) is 0 Å². The zero-order valence-corrected chi connectivity index (χ0v) is 12.7. The van der Waals surface area contributed by atoms with Crippen molar-refractivity contribution in [1.82, 2.24) is 5.32 Å². The highest BCUT2D eigenvalue weighted by molar-refractivity contribution is 6.31. The Balaban J connectivity index is 1.90. The molecule has 1 fully saturated rings. The maximum atomic E-state index is 9.00. The van der Waals surface area contributed by atoms with Gasteiger partial charge in [-0.25, -0.2) is 0 Å². The third kappa shape index (κ3) is 4.40. The molecule has 1 heterocycles. The van der Waals surface area contributed by atoms with Crippen LogP contribution < -0.4 is 10.6 Å². The van der Waals surface area contributed by atoms with E-state index in [4.69, 9.17) is 16.9 Å². The van der Waals surface area contributed by atoms with Crippen LogP contribution in [0, 0.1) is 11.3 Å². The molecule has 0 amide bonds. The highest BCUT2D eigenvalue weighted by atomic mass is 35.5. The third-order valence-electron chi connectivity index (χ3n) is 3.80. The first kappa shape index (κ1) is 15.2. The standard InChI is InChI=1S/C16H22ClN3/c1-12(9-14-5-3-2-4-8-19-14)20-15-6-7-16(17)13(10-15)11-18/h6-7,10,12,14,19-20H,2-5,8-9H2,1H3. The van der Waals surface area contributed by atoms with Gasteiger partial charge in [-0.15, -0.1) is 0 Å². The minimum Gasteiger partial charge on any atom is -0.382 e. The van der Waals surface area contributed by atoms with Crippen molar-refractivity contribution >= 4 is 17.3 Å². The Morgan fingerprint density at radius 2 is 2.30 bits per heavy atom. The minimum atomic E-state index is 0.373. The number of anilines is 1. The number of halogens is 1. The average Bonchev–Trinajstić information content (AvgIpc) is 2.69. The molecule has 0 saturated carbocycles. The predicted molar refractivity (Wildman–Crippen MR) is 84.1 cm³/mol. The van der Waals surface area contributed by atoms with E-state index in [0.29, 0.717) is 22.7 Å². The van der Waals surface area contributed by atoms with E-state index in [0.717, 1.165) is 18.7 Å². The van der Waals surface area contributed by atoms with Crippen molar-refractivity contribution in [3.05, 3.63) is 28.8 Å². The van der Waals surface area contributed by atoms with E-state index < -0.39 is 0 Å². The van der Waals surface area contributed by atoms with Gasteiger partial charge in [0.2, 0.25) is 0 Å². The van der Waals surface area contributed by atoms with Crippen LogP contribution in [0.15, 0.2) is 18.2 Å². The first-order chi connectivity index (χ1) is 9.69. The lowest BCUT2D eigenvalue weighted by Crippen LogP contribution is -2.33. The van der Waals surface area contributed by atoms with Gasteiger partial charge in [0, 0.05) is 17.8 Å². The molecule has 1 saturated heterocycles. The molecule has 0 radical (unpaired) electrons. The fraction of sp³-hybridized carbons (Fsp3) is 0.562. The van der Waals surface area contributed by atoms with E-state index in [1.807, 2.05) is 12.1 Å². The van der Waals surface area contributed by atoms with Crippen molar-refractivity contribution in [3.63, 3.8) is 0 Å². The molecule has 1 aliphatic heterocycles. The van der Waals surface area contributed by atoms with Crippen molar-refractivity contribution in [2.24, 2.45) is 0 Å². The molecule has 0 aliphatic carbocycles. The first-order valence-electron chi connectivity index (χ1n) is 7.38. The molecule has 1 aliphatic rings. The summed E-state index contributed by atoms with van der Waals surface area (Å²) in [7, 11) is 0. The maximum absolute atomic E-state index is 9.00. The zero-order chi connectivity index (χ0) is 14.4. The summed E-state index contributed by atoms with van der Waals surface area (Å²) >= 11 is 5.95. The average molecular weight is 292 g/mol. The number of benzene rings is 1. The Morgan fingerprint density at radius 1 is 1.45 bits per heavy atom. The van der Waals surface area contributed by atoms with E-state index in [1.54, 1.807) is 6.07 Å². The Kier molecular flexibility index (Phi) is 5.70. The van der Waals surface area contributed by atoms with Gasteiger partial charge >= 0.3 is 0 Å². The van der Waals surface area contributed by atoms with Crippen LogP contribution in [0.3, 0.4) is 0 Å². The van der Waals surface area contributed by atoms with Gasteiger partial charge < -0.3 is 10.6 Å². The van der Waals surface area contributed by atoms with Gasteiger partial charge in [0.25, 0.3) is 0 Å². The Morgan fingerprint density at radius 3 is 3.10 bits per heavy atom. The van der Waals surface area contributed by atoms with E-state index in [2.05, 4.69) is 23.6 Å². The molecular formula is C16H22ClN3. The fourth-order valence-corrected chi connectivity index (χ4v) is 2.93. The fourth-order valence-electron chi connectivity index (χ4n) is 2.77. The Hall–Kier alpha value is -1.24. The normalized spacial score (nSPS) is 20.8. The smallest absolute Gasteiger partial charge is 0.101 e. The Labute approximate surface area is 126 Å². The maximum Gasteiger partial charge on any atom is 0.101 e.